The van der Waals surface area contributed by atoms with Gasteiger partial charge in [0, 0.05) is 0 Å². The largest absolute Gasteiger partial charge is 0.439 e. The molecule has 1 rings (SSSR count). The SMILES string of the molecule is CC1(C)OBOC1(C)I. The fourth-order valence-corrected chi connectivity index (χ4v) is 0.873. The molecule has 1 aliphatic heterocycles. The lowest BCUT2D eigenvalue weighted by molar-refractivity contribution is 0.0728. The van der Waals surface area contributed by atoms with Crippen molar-refractivity contribution in [2.75, 3.05) is 0 Å². The molecule has 2 nitrogen and oxygen atoms in total. The molecule has 1 aliphatic rings. The van der Waals surface area contributed by atoms with Crippen molar-refractivity contribution in [3.8, 4) is 0 Å². The maximum atomic E-state index is 5.33. The van der Waals surface area contributed by atoms with Gasteiger partial charge in [-0.2, -0.15) is 0 Å². The van der Waals surface area contributed by atoms with Crippen LogP contribution in [0.5, 0.6) is 0 Å². The molecule has 1 heterocycles. The summed E-state index contributed by atoms with van der Waals surface area (Å²) in [7, 11) is 0.423. The van der Waals surface area contributed by atoms with Gasteiger partial charge >= 0.3 is 7.69 Å². The number of hydrogen-bond acceptors (Lipinski definition) is 2. The Hall–Kier alpha value is 0.715. The van der Waals surface area contributed by atoms with Crippen LogP contribution >= 0.6 is 22.6 Å². The lowest BCUT2D eigenvalue weighted by Gasteiger charge is -2.30. The van der Waals surface area contributed by atoms with Gasteiger partial charge in [0.1, 0.15) is 3.61 Å². The maximum Gasteiger partial charge on any atom is 0.439 e. The van der Waals surface area contributed by atoms with Crippen molar-refractivity contribution >= 4 is 30.3 Å². The second-order valence-electron chi connectivity index (χ2n) is 2.83. The third-order valence-corrected chi connectivity index (χ3v) is 3.44. The minimum absolute atomic E-state index is 0.145. The van der Waals surface area contributed by atoms with Gasteiger partial charge in [0.2, 0.25) is 0 Å². The molecule has 1 fully saturated rings. The van der Waals surface area contributed by atoms with E-state index in [0.717, 1.165) is 0 Å². The Kier molecular flexibility index (Phi) is 1.82. The fraction of sp³-hybridized carbons (Fsp3) is 1.00. The van der Waals surface area contributed by atoms with Crippen LogP contribution in [0, 0.1) is 0 Å². The molecule has 1 unspecified atom stereocenters. The van der Waals surface area contributed by atoms with E-state index in [0.29, 0.717) is 7.69 Å². The van der Waals surface area contributed by atoms with Gasteiger partial charge in [0.15, 0.2) is 0 Å². The maximum absolute atomic E-state index is 5.33. The lowest BCUT2D eigenvalue weighted by Crippen LogP contribution is -2.38. The normalized spacial score (nSPS) is 40.4. The fourth-order valence-electron chi connectivity index (χ4n) is 0.590. The predicted octanol–water partition coefficient (Wildman–Crippen LogP) is 1.23. The third-order valence-electron chi connectivity index (χ3n) is 1.83. The topological polar surface area (TPSA) is 18.5 Å². The lowest BCUT2D eigenvalue weighted by atomic mass is 10.0. The zero-order valence-electron chi connectivity index (χ0n) is 5.90. The second-order valence-corrected chi connectivity index (χ2v) is 4.89. The molecule has 0 saturated carbocycles. The van der Waals surface area contributed by atoms with Crippen molar-refractivity contribution in [2.45, 2.75) is 30.0 Å². The Morgan fingerprint density at radius 3 is 1.89 bits per heavy atom. The first-order chi connectivity index (χ1) is 3.96. The summed E-state index contributed by atoms with van der Waals surface area (Å²) in [6.45, 7) is 6.10. The molecule has 0 aromatic carbocycles. The van der Waals surface area contributed by atoms with Crippen molar-refractivity contribution < 1.29 is 9.31 Å². The summed E-state index contributed by atoms with van der Waals surface area (Å²) in [4.78, 5) is 0. The Morgan fingerprint density at radius 2 is 1.78 bits per heavy atom. The first kappa shape index (κ1) is 7.82. The molecule has 0 spiro atoms. The highest BCUT2D eigenvalue weighted by Crippen LogP contribution is 2.39. The van der Waals surface area contributed by atoms with Gasteiger partial charge in [-0.15, -0.1) is 0 Å². The molecule has 52 valence electrons. The molecule has 0 aromatic rings. The Morgan fingerprint density at radius 1 is 1.22 bits per heavy atom. The summed E-state index contributed by atoms with van der Waals surface area (Å²) in [5.41, 5.74) is -0.145. The molecule has 0 aromatic heterocycles. The van der Waals surface area contributed by atoms with Crippen LogP contribution in [0.25, 0.3) is 0 Å². The minimum Gasteiger partial charge on any atom is -0.405 e. The van der Waals surface area contributed by atoms with E-state index in [2.05, 4.69) is 22.6 Å². The highest BCUT2D eigenvalue weighted by Gasteiger charge is 2.45. The first-order valence-electron chi connectivity index (χ1n) is 2.92. The van der Waals surface area contributed by atoms with Crippen molar-refractivity contribution in [2.24, 2.45) is 0 Å². The molecule has 9 heavy (non-hydrogen) atoms. The van der Waals surface area contributed by atoms with Crippen LogP contribution in [0.4, 0.5) is 0 Å². The van der Waals surface area contributed by atoms with Crippen LogP contribution in [-0.4, -0.2) is 16.9 Å². The molecule has 0 aliphatic carbocycles. The van der Waals surface area contributed by atoms with Gasteiger partial charge in [0.05, 0.1) is 5.60 Å². The van der Waals surface area contributed by atoms with Crippen LogP contribution in [0.1, 0.15) is 20.8 Å². The van der Waals surface area contributed by atoms with Crippen LogP contribution in [0.15, 0.2) is 0 Å². The predicted molar refractivity (Wildman–Crippen MR) is 45.8 cm³/mol. The van der Waals surface area contributed by atoms with E-state index < -0.39 is 0 Å². The molecular weight excluding hydrogens is 230 g/mol. The zero-order chi connectivity index (χ0) is 7.12. The number of halogens is 1. The Balaban J connectivity index is 2.75. The molecule has 1 saturated heterocycles. The Labute approximate surface area is 69.7 Å². The van der Waals surface area contributed by atoms with E-state index in [1.54, 1.807) is 0 Å². The van der Waals surface area contributed by atoms with Gasteiger partial charge in [-0.1, -0.05) is 0 Å². The quantitative estimate of drug-likeness (QED) is 0.360. The molecule has 4 heteroatoms. The van der Waals surface area contributed by atoms with Crippen molar-refractivity contribution in [1.29, 1.82) is 0 Å². The van der Waals surface area contributed by atoms with Crippen molar-refractivity contribution in [3.05, 3.63) is 0 Å². The average Bonchev–Trinajstić information content (AvgIpc) is 1.81. The van der Waals surface area contributed by atoms with Gasteiger partial charge in [0.25, 0.3) is 0 Å². The van der Waals surface area contributed by atoms with Crippen LogP contribution in [-0.2, 0) is 9.31 Å². The molecule has 0 bridgehead atoms. The van der Waals surface area contributed by atoms with E-state index in [9.17, 15) is 0 Å². The monoisotopic (exact) mass is 240 g/mol. The summed E-state index contributed by atoms with van der Waals surface area (Å²) in [5, 5.41) is 0. The molecular formula is C5H10BIO2. The van der Waals surface area contributed by atoms with E-state index in [1.165, 1.54) is 0 Å². The van der Waals surface area contributed by atoms with Crippen molar-refractivity contribution in [1.82, 2.24) is 0 Å². The molecule has 0 N–H and O–H groups in total. The number of hydrogen-bond donors (Lipinski definition) is 0. The van der Waals surface area contributed by atoms with Gasteiger partial charge in [-0.25, -0.2) is 0 Å². The standard InChI is InChI=1S/C5H10BIO2/c1-4(2)5(3,7)9-6-8-4/h6H,1-3H3. The highest BCUT2D eigenvalue weighted by atomic mass is 127. The van der Waals surface area contributed by atoms with E-state index >= 15 is 0 Å². The van der Waals surface area contributed by atoms with Gasteiger partial charge < -0.3 is 9.31 Å². The summed E-state index contributed by atoms with van der Waals surface area (Å²) in [6, 6.07) is 0. The molecule has 0 radical (unpaired) electrons. The summed E-state index contributed by atoms with van der Waals surface area (Å²) in [6.07, 6.45) is 0. The summed E-state index contributed by atoms with van der Waals surface area (Å²) in [5.74, 6) is 0. The van der Waals surface area contributed by atoms with Gasteiger partial charge in [-0.3, -0.25) is 0 Å². The van der Waals surface area contributed by atoms with Gasteiger partial charge in [-0.05, 0) is 43.4 Å². The molecule has 0 amide bonds. The zero-order valence-corrected chi connectivity index (χ0v) is 8.06. The summed E-state index contributed by atoms with van der Waals surface area (Å²) >= 11 is 2.26. The smallest absolute Gasteiger partial charge is 0.405 e. The van der Waals surface area contributed by atoms with Crippen LogP contribution in [0.2, 0.25) is 0 Å². The first-order valence-corrected chi connectivity index (χ1v) is 4.00. The van der Waals surface area contributed by atoms with E-state index in [-0.39, 0.29) is 9.21 Å². The second kappa shape index (κ2) is 2.10. The van der Waals surface area contributed by atoms with Crippen LogP contribution in [0.3, 0.4) is 0 Å². The van der Waals surface area contributed by atoms with Crippen molar-refractivity contribution in [3.63, 3.8) is 0 Å². The summed E-state index contributed by atoms with van der Waals surface area (Å²) < 4.78 is 10.5. The number of alkyl halides is 1. The highest BCUT2D eigenvalue weighted by molar-refractivity contribution is 14.1. The van der Waals surface area contributed by atoms with E-state index in [4.69, 9.17) is 9.31 Å². The Bertz CT molecular complexity index is 110. The number of rotatable bonds is 0. The van der Waals surface area contributed by atoms with Crippen LogP contribution < -0.4 is 0 Å². The average molecular weight is 240 g/mol. The van der Waals surface area contributed by atoms with E-state index in [1.807, 2.05) is 20.8 Å². The molecule has 1 atom stereocenters. The minimum atomic E-state index is -0.162. The third kappa shape index (κ3) is 1.25.